The van der Waals surface area contributed by atoms with Crippen molar-refractivity contribution in [1.29, 1.82) is 0 Å². The fourth-order valence-corrected chi connectivity index (χ4v) is 2.40. The maximum absolute atomic E-state index is 3.83. The smallest absolute Gasteiger partial charge is 0.0277 e. The quantitative estimate of drug-likeness (QED) is 0.522. The summed E-state index contributed by atoms with van der Waals surface area (Å²) in [5, 5.41) is 0. The molecule has 0 aromatic heterocycles. The van der Waals surface area contributed by atoms with Gasteiger partial charge in [0.2, 0.25) is 0 Å². The molecule has 0 unspecified atom stereocenters. The summed E-state index contributed by atoms with van der Waals surface area (Å²) in [6.45, 7) is 10.2. The van der Waals surface area contributed by atoms with Gasteiger partial charge < -0.3 is 0 Å². The van der Waals surface area contributed by atoms with E-state index in [0.29, 0.717) is 0 Å². The van der Waals surface area contributed by atoms with Crippen LogP contribution in [0.2, 0.25) is 0 Å². The van der Waals surface area contributed by atoms with Gasteiger partial charge in [0.05, 0.1) is 0 Å². The molecule has 0 fully saturated rings. The van der Waals surface area contributed by atoms with Crippen LogP contribution in [0.4, 0.5) is 0 Å². The molecule has 0 N–H and O–H groups in total. The molecule has 0 aliphatic heterocycles. The topological polar surface area (TPSA) is 0 Å². The second-order valence-electron chi connectivity index (χ2n) is 4.01. The van der Waals surface area contributed by atoms with Gasteiger partial charge in [0.1, 0.15) is 0 Å². The Bertz CT molecular complexity index is 447. The van der Waals surface area contributed by atoms with E-state index < -0.39 is 0 Å². The van der Waals surface area contributed by atoms with Gasteiger partial charge in [0.25, 0.3) is 0 Å². The van der Waals surface area contributed by atoms with Gasteiger partial charge in [-0.1, -0.05) is 48.6 Å². The predicted octanol–water partition coefficient (Wildman–Crippen LogP) is 5.30. The van der Waals surface area contributed by atoms with Crippen LogP contribution in [0.25, 0.3) is 11.6 Å². The third-order valence-electron chi connectivity index (χ3n) is 2.34. The highest BCUT2D eigenvalue weighted by molar-refractivity contribution is 14.1. The van der Waals surface area contributed by atoms with Crippen LogP contribution in [0.15, 0.2) is 42.5 Å². The number of hydrogen-bond donors (Lipinski definition) is 0. The minimum Gasteiger partial charge on any atom is -0.0984 e. The Labute approximate surface area is 112 Å². The van der Waals surface area contributed by atoms with Gasteiger partial charge in [0, 0.05) is 3.57 Å². The molecule has 0 radical (unpaired) electrons. The van der Waals surface area contributed by atoms with E-state index >= 15 is 0 Å². The van der Waals surface area contributed by atoms with Crippen LogP contribution in [0, 0.1) is 3.57 Å². The molecular formula is C15H17I. The minimum absolute atomic E-state index is 1.20. The van der Waals surface area contributed by atoms with Crippen molar-refractivity contribution in [2.24, 2.45) is 0 Å². The van der Waals surface area contributed by atoms with E-state index in [1.807, 2.05) is 6.08 Å². The summed E-state index contributed by atoms with van der Waals surface area (Å²) in [6.07, 6.45) is 6.21. The Morgan fingerprint density at radius 3 is 2.44 bits per heavy atom. The summed E-state index contributed by atoms with van der Waals surface area (Å²) in [5.74, 6) is 0. The lowest BCUT2D eigenvalue weighted by Gasteiger charge is -2.07. The number of benzene rings is 1. The minimum atomic E-state index is 1.20. The summed E-state index contributed by atoms with van der Waals surface area (Å²) >= 11 is 2.38. The molecule has 0 saturated heterocycles. The van der Waals surface area contributed by atoms with Crippen LogP contribution in [-0.4, -0.2) is 0 Å². The summed E-state index contributed by atoms with van der Waals surface area (Å²) in [7, 11) is 0. The number of halogens is 1. The van der Waals surface area contributed by atoms with Gasteiger partial charge in [-0.25, -0.2) is 0 Å². The molecule has 1 heteroatoms. The average Bonchev–Trinajstić information content (AvgIpc) is 2.26. The first-order valence-corrected chi connectivity index (χ1v) is 6.37. The first kappa shape index (κ1) is 13.2. The molecule has 0 spiro atoms. The van der Waals surface area contributed by atoms with Gasteiger partial charge in [0.15, 0.2) is 0 Å². The van der Waals surface area contributed by atoms with Crippen molar-refractivity contribution in [1.82, 2.24) is 0 Å². The molecule has 1 rings (SSSR count). The van der Waals surface area contributed by atoms with E-state index in [0.717, 1.165) is 0 Å². The monoisotopic (exact) mass is 324 g/mol. The number of allylic oxidation sites excluding steroid dienone is 4. The fraction of sp³-hybridized carbons (Fsp3) is 0.200. The summed E-state index contributed by atoms with van der Waals surface area (Å²) in [5.41, 5.74) is 5.09. The van der Waals surface area contributed by atoms with Crippen molar-refractivity contribution in [2.75, 3.05) is 0 Å². The number of rotatable bonds is 3. The SMILES string of the molecule is C=Cc1cccc(/C(C)=C/C=C(C)C)c1I. The van der Waals surface area contributed by atoms with Gasteiger partial charge in [-0.05, 0) is 60.1 Å². The Morgan fingerprint density at radius 2 is 1.88 bits per heavy atom. The molecule has 1 aromatic rings. The Balaban J connectivity index is 3.19. The first-order valence-electron chi connectivity index (χ1n) is 5.29. The van der Waals surface area contributed by atoms with Crippen LogP contribution < -0.4 is 0 Å². The second kappa shape index (κ2) is 6.04. The first-order chi connectivity index (χ1) is 7.56. The molecule has 0 aliphatic carbocycles. The maximum atomic E-state index is 3.83. The maximum Gasteiger partial charge on any atom is 0.0277 e. The van der Waals surface area contributed by atoms with E-state index in [1.54, 1.807) is 0 Å². The van der Waals surface area contributed by atoms with Crippen molar-refractivity contribution in [3.63, 3.8) is 0 Å². The molecule has 0 aliphatic rings. The zero-order chi connectivity index (χ0) is 12.1. The molecule has 84 valence electrons. The molecule has 0 bridgehead atoms. The molecule has 16 heavy (non-hydrogen) atoms. The zero-order valence-corrected chi connectivity index (χ0v) is 12.2. The molecular weight excluding hydrogens is 307 g/mol. The predicted molar refractivity (Wildman–Crippen MR) is 82.3 cm³/mol. The lowest BCUT2D eigenvalue weighted by atomic mass is 10.0. The van der Waals surface area contributed by atoms with E-state index in [2.05, 4.69) is 80.3 Å². The lowest BCUT2D eigenvalue weighted by molar-refractivity contribution is 1.39. The highest BCUT2D eigenvalue weighted by Crippen LogP contribution is 2.24. The summed E-state index contributed by atoms with van der Waals surface area (Å²) < 4.78 is 1.27. The average molecular weight is 324 g/mol. The standard InChI is InChI=1S/C15H17I/c1-5-13-7-6-8-14(15(13)16)12(4)10-9-11(2)3/h5-10H,1H2,2-4H3/b12-10+. The van der Waals surface area contributed by atoms with Crippen molar-refractivity contribution in [3.8, 4) is 0 Å². The summed E-state index contributed by atoms with van der Waals surface area (Å²) in [4.78, 5) is 0. The molecule has 1 aromatic carbocycles. The highest BCUT2D eigenvalue weighted by Gasteiger charge is 2.03. The van der Waals surface area contributed by atoms with Crippen molar-refractivity contribution < 1.29 is 0 Å². The molecule has 0 amide bonds. The molecule has 0 heterocycles. The van der Waals surface area contributed by atoms with E-state index in [4.69, 9.17) is 0 Å². The largest absolute Gasteiger partial charge is 0.0984 e. The Hall–Kier alpha value is -0.830. The van der Waals surface area contributed by atoms with Crippen LogP contribution in [0.1, 0.15) is 31.9 Å². The normalized spacial score (nSPS) is 11.1. The fourth-order valence-electron chi connectivity index (χ4n) is 1.39. The van der Waals surface area contributed by atoms with Gasteiger partial charge in [-0.2, -0.15) is 0 Å². The van der Waals surface area contributed by atoms with E-state index in [-0.39, 0.29) is 0 Å². The van der Waals surface area contributed by atoms with Crippen molar-refractivity contribution in [3.05, 3.63) is 57.2 Å². The zero-order valence-electron chi connectivity index (χ0n) is 10.0. The Morgan fingerprint density at radius 1 is 1.19 bits per heavy atom. The van der Waals surface area contributed by atoms with Gasteiger partial charge in [-0.3, -0.25) is 0 Å². The van der Waals surface area contributed by atoms with Gasteiger partial charge >= 0.3 is 0 Å². The lowest BCUT2D eigenvalue weighted by Crippen LogP contribution is -1.88. The molecule has 0 atom stereocenters. The van der Waals surface area contributed by atoms with Crippen LogP contribution in [0.5, 0.6) is 0 Å². The highest BCUT2D eigenvalue weighted by atomic mass is 127. The molecule has 0 saturated carbocycles. The van der Waals surface area contributed by atoms with Crippen LogP contribution >= 0.6 is 22.6 Å². The second-order valence-corrected chi connectivity index (χ2v) is 5.09. The van der Waals surface area contributed by atoms with Crippen molar-refractivity contribution >= 4 is 34.2 Å². The van der Waals surface area contributed by atoms with Crippen LogP contribution in [-0.2, 0) is 0 Å². The van der Waals surface area contributed by atoms with Gasteiger partial charge in [-0.15, -0.1) is 0 Å². The summed E-state index contributed by atoms with van der Waals surface area (Å²) in [6, 6.07) is 6.32. The Kier molecular flexibility index (Phi) is 5.00. The third-order valence-corrected chi connectivity index (χ3v) is 3.54. The third kappa shape index (κ3) is 3.34. The van der Waals surface area contributed by atoms with Crippen LogP contribution in [0.3, 0.4) is 0 Å². The van der Waals surface area contributed by atoms with E-state index in [9.17, 15) is 0 Å². The van der Waals surface area contributed by atoms with E-state index in [1.165, 1.54) is 25.8 Å². The molecule has 0 nitrogen and oxygen atoms in total. The number of hydrogen-bond acceptors (Lipinski definition) is 0. The van der Waals surface area contributed by atoms with Crippen molar-refractivity contribution in [2.45, 2.75) is 20.8 Å².